The van der Waals surface area contributed by atoms with Crippen molar-refractivity contribution in [2.45, 2.75) is 13.8 Å². The van der Waals surface area contributed by atoms with Crippen LogP contribution < -0.4 is 4.84 Å². The van der Waals surface area contributed by atoms with E-state index in [0.29, 0.717) is 22.2 Å². The molecule has 0 N–H and O–H groups in total. The van der Waals surface area contributed by atoms with Gasteiger partial charge in [0.25, 0.3) is 0 Å². The second-order valence-corrected chi connectivity index (χ2v) is 6.22. The molecule has 0 atom stereocenters. The topological polar surface area (TPSA) is 95.9 Å². The first-order chi connectivity index (χ1) is 12.0. The summed E-state index contributed by atoms with van der Waals surface area (Å²) in [5, 5.41) is 20.8. The van der Waals surface area contributed by atoms with Gasteiger partial charge in [-0.25, -0.2) is 4.79 Å². The van der Waals surface area contributed by atoms with Crippen LogP contribution in [0.2, 0.25) is 0 Å². The summed E-state index contributed by atoms with van der Waals surface area (Å²) in [7, 11) is 0. The molecular weight excluding hydrogens is 338 g/mol. The van der Waals surface area contributed by atoms with E-state index in [9.17, 15) is 20.1 Å². The van der Waals surface area contributed by atoms with E-state index in [1.54, 1.807) is 0 Å². The summed E-state index contributed by atoms with van der Waals surface area (Å²) in [6, 6.07) is 10.5. The Kier molecular flexibility index (Phi) is 4.10. The number of Topliss-reactive ketones (excluding diaryl/α,β-unsaturated/α-hetero) is 1. The Bertz CT molecular complexity index is 1100. The maximum Gasteiger partial charge on any atom is 0.329 e. The van der Waals surface area contributed by atoms with Crippen LogP contribution in [0.15, 0.2) is 29.6 Å². The van der Waals surface area contributed by atoms with Gasteiger partial charge in [-0.05, 0) is 30.5 Å². The molecule has 0 saturated heterocycles. The Labute approximate surface area is 147 Å². The van der Waals surface area contributed by atoms with Crippen LogP contribution in [-0.2, 0) is 4.79 Å². The van der Waals surface area contributed by atoms with E-state index in [1.807, 2.05) is 29.7 Å². The molecule has 0 radical (unpaired) electrons. The Balaban J connectivity index is 2.53. The van der Waals surface area contributed by atoms with Gasteiger partial charge < -0.3 is 4.84 Å². The van der Waals surface area contributed by atoms with Crippen LogP contribution in [0.1, 0.15) is 35.3 Å². The summed E-state index contributed by atoms with van der Waals surface area (Å²) in [5.41, 5.74) is 1.48. The summed E-state index contributed by atoms with van der Waals surface area (Å²) >= 11 is 1.39. The fraction of sp³-hybridized carbons (Fsp3) is 0.111. The highest BCUT2D eigenvalue weighted by molar-refractivity contribution is 7.13. The quantitative estimate of drug-likeness (QED) is 0.676. The van der Waals surface area contributed by atoms with Gasteiger partial charge in [0.1, 0.15) is 17.8 Å². The maximum atomic E-state index is 12.3. The molecule has 0 unspecified atom stereocenters. The summed E-state index contributed by atoms with van der Waals surface area (Å²) < 4.78 is 1.27. The van der Waals surface area contributed by atoms with Crippen molar-refractivity contribution in [1.82, 2.24) is 4.73 Å². The third-order valence-corrected chi connectivity index (χ3v) is 4.51. The van der Waals surface area contributed by atoms with Crippen molar-refractivity contribution < 1.29 is 14.4 Å². The smallest absolute Gasteiger partial charge is 0.329 e. The third kappa shape index (κ3) is 2.67. The Morgan fingerprint density at radius 3 is 2.36 bits per heavy atom. The number of benzene rings is 1. The third-order valence-electron chi connectivity index (χ3n) is 3.63. The van der Waals surface area contributed by atoms with Gasteiger partial charge in [0.15, 0.2) is 5.78 Å². The van der Waals surface area contributed by atoms with E-state index in [2.05, 4.69) is 0 Å². The predicted molar refractivity (Wildman–Crippen MR) is 91.9 cm³/mol. The van der Waals surface area contributed by atoms with Crippen LogP contribution in [-0.4, -0.2) is 16.5 Å². The molecule has 0 spiro atoms. The highest BCUT2D eigenvalue weighted by Gasteiger charge is 2.25. The number of aromatic nitrogens is 1. The molecule has 0 aliphatic carbocycles. The van der Waals surface area contributed by atoms with Gasteiger partial charge in [-0.1, -0.05) is 6.07 Å². The minimum absolute atomic E-state index is 0.147. The molecule has 3 aromatic rings. The molecule has 2 aromatic heterocycles. The van der Waals surface area contributed by atoms with Gasteiger partial charge in [-0.15, -0.1) is 11.3 Å². The van der Waals surface area contributed by atoms with Crippen LogP contribution in [0.3, 0.4) is 0 Å². The number of carbonyl (C=O) groups is 2. The fourth-order valence-corrected chi connectivity index (χ4v) is 3.46. The van der Waals surface area contributed by atoms with Crippen molar-refractivity contribution >= 4 is 34.0 Å². The van der Waals surface area contributed by atoms with E-state index in [0.717, 1.165) is 4.88 Å². The van der Waals surface area contributed by atoms with Crippen molar-refractivity contribution in [2.24, 2.45) is 0 Å². The molecular formula is C18H11N3O3S. The number of nitrogens with zero attached hydrogens (tertiary/aromatic N) is 3. The average Bonchev–Trinajstić information content (AvgIpc) is 3.19. The van der Waals surface area contributed by atoms with Crippen molar-refractivity contribution in [3.05, 3.63) is 46.3 Å². The molecule has 2 heterocycles. The molecule has 0 aliphatic rings. The van der Waals surface area contributed by atoms with Crippen LogP contribution in [0.4, 0.5) is 0 Å². The summed E-state index contributed by atoms with van der Waals surface area (Å²) in [6.07, 6.45) is 0. The highest BCUT2D eigenvalue weighted by Crippen LogP contribution is 2.37. The first-order valence-corrected chi connectivity index (χ1v) is 8.12. The zero-order valence-electron chi connectivity index (χ0n) is 13.4. The van der Waals surface area contributed by atoms with E-state index < -0.39 is 5.97 Å². The molecule has 0 fully saturated rings. The molecule has 25 heavy (non-hydrogen) atoms. The number of carbonyl (C=O) groups excluding carboxylic acids is 2. The predicted octanol–water partition coefficient (Wildman–Crippen LogP) is 3.29. The van der Waals surface area contributed by atoms with Crippen molar-refractivity contribution in [3.8, 4) is 22.7 Å². The summed E-state index contributed by atoms with van der Waals surface area (Å²) in [5.74, 6) is -0.791. The second-order valence-electron chi connectivity index (χ2n) is 5.27. The van der Waals surface area contributed by atoms with Gasteiger partial charge in [0.2, 0.25) is 0 Å². The molecule has 122 valence electrons. The van der Waals surface area contributed by atoms with E-state index in [-0.39, 0.29) is 16.9 Å². The molecule has 7 heteroatoms. The lowest BCUT2D eigenvalue weighted by Gasteiger charge is -2.08. The number of hydrogen-bond acceptors (Lipinski definition) is 6. The normalized spacial score (nSPS) is 10.2. The van der Waals surface area contributed by atoms with Crippen LogP contribution >= 0.6 is 11.3 Å². The Hall–Kier alpha value is -3.42. The maximum absolute atomic E-state index is 12.3. The van der Waals surface area contributed by atoms with Crippen molar-refractivity contribution in [3.63, 3.8) is 0 Å². The van der Waals surface area contributed by atoms with Gasteiger partial charge in [0, 0.05) is 12.3 Å². The van der Waals surface area contributed by atoms with E-state index in [4.69, 9.17) is 4.84 Å². The lowest BCUT2D eigenvalue weighted by molar-refractivity contribution is -0.140. The number of rotatable bonds is 3. The number of ketones is 1. The Morgan fingerprint density at radius 1 is 1.16 bits per heavy atom. The standard InChI is InChI=1S/C18H11N3O3S/c1-10(22)17-14-6-12(8-19)13(9-20)7-15(14)21(24-11(2)23)18(17)16-4-3-5-25-16/h3-7H,1-2H3. The molecule has 0 amide bonds. The van der Waals surface area contributed by atoms with Crippen molar-refractivity contribution in [1.29, 1.82) is 10.5 Å². The molecule has 0 aliphatic heterocycles. The highest BCUT2D eigenvalue weighted by atomic mass is 32.1. The molecule has 0 saturated carbocycles. The minimum atomic E-state index is -0.562. The average molecular weight is 349 g/mol. The lowest BCUT2D eigenvalue weighted by atomic mass is 10.0. The number of hydrogen-bond donors (Lipinski definition) is 0. The Morgan fingerprint density at radius 2 is 1.84 bits per heavy atom. The molecule has 1 aromatic carbocycles. The zero-order chi connectivity index (χ0) is 18.1. The fourth-order valence-electron chi connectivity index (χ4n) is 2.71. The number of nitriles is 2. The molecule has 3 rings (SSSR count). The minimum Gasteiger partial charge on any atom is -0.336 e. The summed E-state index contributed by atoms with van der Waals surface area (Å²) in [4.78, 5) is 30.0. The largest absolute Gasteiger partial charge is 0.336 e. The first kappa shape index (κ1) is 16.4. The monoisotopic (exact) mass is 349 g/mol. The van der Waals surface area contributed by atoms with Gasteiger partial charge in [-0.2, -0.15) is 15.3 Å². The summed E-state index contributed by atoms with van der Waals surface area (Å²) in [6.45, 7) is 2.67. The van der Waals surface area contributed by atoms with E-state index >= 15 is 0 Å². The lowest BCUT2D eigenvalue weighted by Crippen LogP contribution is -2.17. The number of thiophene rings is 1. The van der Waals surface area contributed by atoms with Crippen LogP contribution in [0, 0.1) is 22.7 Å². The second kappa shape index (κ2) is 6.23. The van der Waals surface area contributed by atoms with Gasteiger partial charge in [0.05, 0.1) is 27.1 Å². The van der Waals surface area contributed by atoms with Crippen molar-refractivity contribution in [2.75, 3.05) is 0 Å². The van der Waals surface area contributed by atoms with Gasteiger partial charge >= 0.3 is 5.97 Å². The number of fused-ring (bicyclic) bond motifs is 1. The van der Waals surface area contributed by atoms with E-state index in [1.165, 1.54) is 42.0 Å². The van der Waals surface area contributed by atoms with Crippen LogP contribution in [0.25, 0.3) is 21.5 Å². The SMILES string of the molecule is CC(=O)On1c(-c2cccs2)c(C(C)=O)c2cc(C#N)c(C#N)cc21. The molecule has 0 bridgehead atoms. The molecule has 6 nitrogen and oxygen atoms in total. The first-order valence-electron chi connectivity index (χ1n) is 7.24. The van der Waals surface area contributed by atoms with Gasteiger partial charge in [-0.3, -0.25) is 4.79 Å². The zero-order valence-corrected chi connectivity index (χ0v) is 14.2. The van der Waals surface area contributed by atoms with Crippen LogP contribution in [0.5, 0.6) is 0 Å².